The normalized spacial score (nSPS) is 49.0. The molecule has 27 heavy (non-hydrogen) atoms. The van der Waals surface area contributed by atoms with Crippen molar-refractivity contribution in [3.8, 4) is 0 Å². The maximum atomic E-state index is 12.3. The third-order valence-corrected chi connectivity index (χ3v) is 9.26. The molecule has 0 saturated heterocycles. The summed E-state index contributed by atoms with van der Waals surface area (Å²) in [4.78, 5) is 12.3. The number of ketones is 1. The lowest BCUT2D eigenvalue weighted by atomic mass is 9.46. The molecular formula is C23H37NO3. The van der Waals surface area contributed by atoms with Crippen molar-refractivity contribution in [1.82, 2.24) is 0 Å². The highest BCUT2D eigenvalue weighted by Crippen LogP contribution is 2.67. The third kappa shape index (κ3) is 2.70. The molecule has 0 radical (unpaired) electrons. The van der Waals surface area contributed by atoms with E-state index in [-0.39, 0.29) is 22.7 Å². The Hall–Kier alpha value is -0.710. The average molecular weight is 376 g/mol. The van der Waals surface area contributed by atoms with Crippen LogP contribution in [0.3, 0.4) is 0 Å². The van der Waals surface area contributed by atoms with Crippen molar-refractivity contribution in [3.05, 3.63) is 11.6 Å². The fourth-order valence-electron chi connectivity index (χ4n) is 7.64. The molecule has 0 aromatic carbocycles. The highest BCUT2D eigenvalue weighted by Gasteiger charge is 2.65. The Bertz CT molecular complexity index is 646. The molecule has 0 heterocycles. The zero-order valence-electron chi connectivity index (χ0n) is 17.3. The van der Waals surface area contributed by atoms with Gasteiger partial charge in [-0.2, -0.15) is 0 Å². The van der Waals surface area contributed by atoms with Crippen molar-refractivity contribution in [1.29, 1.82) is 0 Å². The van der Waals surface area contributed by atoms with Crippen LogP contribution >= 0.6 is 0 Å². The van der Waals surface area contributed by atoms with E-state index in [0.717, 1.165) is 32.1 Å². The molecule has 152 valence electrons. The first kappa shape index (κ1) is 19.6. The SMILES string of the molecule is CC(=O)[C@@]1(O)CC[C@H]2[C@@H]3CCC4=CC(OCCN)CC[C@]4(C)[C@H]3CC[C@@]21C. The van der Waals surface area contributed by atoms with E-state index in [0.29, 0.717) is 37.3 Å². The summed E-state index contributed by atoms with van der Waals surface area (Å²) < 4.78 is 5.93. The summed E-state index contributed by atoms with van der Waals surface area (Å²) >= 11 is 0. The molecule has 4 heteroatoms. The van der Waals surface area contributed by atoms with Crippen LogP contribution in [0.2, 0.25) is 0 Å². The number of hydrogen-bond donors (Lipinski definition) is 2. The first-order valence-corrected chi connectivity index (χ1v) is 11.0. The molecule has 4 aliphatic carbocycles. The zero-order valence-corrected chi connectivity index (χ0v) is 17.3. The minimum atomic E-state index is -1.10. The second-order valence-electron chi connectivity index (χ2n) is 10.2. The molecule has 4 aliphatic rings. The van der Waals surface area contributed by atoms with E-state index < -0.39 is 5.60 Å². The quantitative estimate of drug-likeness (QED) is 0.736. The Morgan fingerprint density at radius 1 is 1.19 bits per heavy atom. The van der Waals surface area contributed by atoms with Crippen LogP contribution in [0, 0.1) is 28.6 Å². The number of hydrogen-bond acceptors (Lipinski definition) is 4. The van der Waals surface area contributed by atoms with Crippen LogP contribution in [0.1, 0.15) is 72.1 Å². The van der Waals surface area contributed by atoms with Gasteiger partial charge >= 0.3 is 0 Å². The highest BCUT2D eigenvalue weighted by atomic mass is 16.5. The molecule has 3 N–H and O–H groups in total. The van der Waals surface area contributed by atoms with E-state index in [1.807, 2.05) is 0 Å². The maximum Gasteiger partial charge on any atom is 0.161 e. The van der Waals surface area contributed by atoms with Gasteiger partial charge in [-0.15, -0.1) is 0 Å². The van der Waals surface area contributed by atoms with Gasteiger partial charge in [-0.3, -0.25) is 4.79 Å². The molecule has 0 aliphatic heterocycles. The van der Waals surface area contributed by atoms with Crippen LogP contribution in [-0.4, -0.2) is 35.7 Å². The minimum Gasteiger partial charge on any atom is -0.382 e. The number of ether oxygens (including phenoxy) is 1. The van der Waals surface area contributed by atoms with Gasteiger partial charge in [0.25, 0.3) is 0 Å². The van der Waals surface area contributed by atoms with Gasteiger partial charge in [-0.05, 0) is 81.5 Å². The predicted molar refractivity (Wildman–Crippen MR) is 106 cm³/mol. The summed E-state index contributed by atoms with van der Waals surface area (Å²) in [5.74, 6) is 1.78. The van der Waals surface area contributed by atoms with Gasteiger partial charge in [0, 0.05) is 12.0 Å². The first-order chi connectivity index (χ1) is 12.8. The Balaban J connectivity index is 1.59. The minimum absolute atomic E-state index is 0.0221. The number of rotatable bonds is 4. The molecule has 3 saturated carbocycles. The number of nitrogens with two attached hydrogens (primary N) is 1. The summed E-state index contributed by atoms with van der Waals surface area (Å²) in [6, 6.07) is 0. The van der Waals surface area contributed by atoms with Crippen molar-refractivity contribution in [3.63, 3.8) is 0 Å². The Morgan fingerprint density at radius 3 is 2.63 bits per heavy atom. The predicted octanol–water partition coefficient (Wildman–Crippen LogP) is 3.61. The second-order valence-corrected chi connectivity index (χ2v) is 10.2. The lowest BCUT2D eigenvalue weighted by Crippen LogP contribution is -2.57. The monoisotopic (exact) mass is 375 g/mol. The summed E-state index contributed by atoms with van der Waals surface area (Å²) in [5, 5.41) is 11.2. The zero-order chi connectivity index (χ0) is 19.4. The van der Waals surface area contributed by atoms with E-state index in [1.165, 1.54) is 12.8 Å². The number of Topliss-reactive ketones (excluding diaryl/α,β-unsaturated/α-hetero) is 1. The van der Waals surface area contributed by atoms with E-state index in [4.69, 9.17) is 10.5 Å². The van der Waals surface area contributed by atoms with Gasteiger partial charge in [-0.1, -0.05) is 25.5 Å². The lowest BCUT2D eigenvalue weighted by Gasteiger charge is -2.59. The molecule has 7 atom stereocenters. The van der Waals surface area contributed by atoms with Gasteiger partial charge < -0.3 is 15.6 Å². The van der Waals surface area contributed by atoms with Crippen molar-refractivity contribution < 1.29 is 14.6 Å². The highest BCUT2D eigenvalue weighted by molar-refractivity contribution is 5.86. The van der Waals surface area contributed by atoms with Crippen molar-refractivity contribution in [2.45, 2.75) is 83.8 Å². The standard InChI is InChI=1S/C23H37NO3/c1-15(25)23(26)11-8-20-18-5-4-16-14-17(27-13-12-24)6-9-21(16,2)19(18)7-10-22(20,23)3/h14,17-20,26H,4-13,24H2,1-3H3/t17?,18-,19+,20+,21+,22+,23+/m1/s1. The third-order valence-electron chi connectivity index (χ3n) is 9.26. The van der Waals surface area contributed by atoms with E-state index in [9.17, 15) is 9.90 Å². The fraction of sp³-hybridized carbons (Fsp3) is 0.870. The number of aliphatic hydroxyl groups is 1. The molecule has 0 bridgehead atoms. The molecule has 3 fully saturated rings. The lowest BCUT2D eigenvalue weighted by molar-refractivity contribution is -0.160. The molecular weight excluding hydrogens is 338 g/mol. The van der Waals surface area contributed by atoms with Crippen LogP contribution in [0.4, 0.5) is 0 Å². The van der Waals surface area contributed by atoms with Crippen LogP contribution in [0.15, 0.2) is 11.6 Å². The van der Waals surface area contributed by atoms with E-state index in [2.05, 4.69) is 19.9 Å². The van der Waals surface area contributed by atoms with Crippen molar-refractivity contribution in [2.75, 3.05) is 13.2 Å². The first-order valence-electron chi connectivity index (χ1n) is 11.0. The molecule has 1 unspecified atom stereocenters. The molecule has 4 nitrogen and oxygen atoms in total. The number of carbonyl (C=O) groups excluding carboxylic acids is 1. The van der Waals surface area contributed by atoms with Crippen LogP contribution in [-0.2, 0) is 9.53 Å². The summed E-state index contributed by atoms with van der Waals surface area (Å²) in [7, 11) is 0. The smallest absolute Gasteiger partial charge is 0.161 e. The molecule has 0 aromatic rings. The average Bonchev–Trinajstić information content (AvgIpc) is 2.92. The van der Waals surface area contributed by atoms with Crippen LogP contribution in [0.25, 0.3) is 0 Å². The van der Waals surface area contributed by atoms with Gasteiger partial charge in [0.15, 0.2) is 5.78 Å². The van der Waals surface area contributed by atoms with E-state index >= 15 is 0 Å². The number of carbonyl (C=O) groups is 1. The second kappa shape index (κ2) is 6.67. The van der Waals surface area contributed by atoms with Gasteiger partial charge in [0.2, 0.25) is 0 Å². The largest absolute Gasteiger partial charge is 0.382 e. The molecule has 4 rings (SSSR count). The van der Waals surface area contributed by atoms with Gasteiger partial charge in [0.1, 0.15) is 5.60 Å². The molecule has 0 aromatic heterocycles. The maximum absolute atomic E-state index is 12.3. The van der Waals surface area contributed by atoms with Crippen molar-refractivity contribution in [2.24, 2.45) is 34.3 Å². The fourth-order valence-corrected chi connectivity index (χ4v) is 7.64. The number of fused-ring (bicyclic) bond motifs is 5. The Morgan fingerprint density at radius 2 is 1.93 bits per heavy atom. The topological polar surface area (TPSA) is 72.5 Å². The van der Waals surface area contributed by atoms with Crippen LogP contribution < -0.4 is 5.73 Å². The summed E-state index contributed by atoms with van der Waals surface area (Å²) in [6.07, 6.45) is 11.0. The summed E-state index contributed by atoms with van der Waals surface area (Å²) in [6.45, 7) is 7.49. The van der Waals surface area contributed by atoms with Gasteiger partial charge in [0.05, 0.1) is 12.7 Å². The molecule has 0 amide bonds. The Labute approximate surface area is 163 Å². The number of allylic oxidation sites excluding steroid dienone is 1. The van der Waals surface area contributed by atoms with Gasteiger partial charge in [-0.25, -0.2) is 0 Å². The summed E-state index contributed by atoms with van der Waals surface area (Å²) in [5.41, 5.74) is 6.13. The van der Waals surface area contributed by atoms with Crippen LogP contribution in [0.5, 0.6) is 0 Å². The Kier molecular flexibility index (Phi) is 4.84. The molecule has 0 spiro atoms. The van der Waals surface area contributed by atoms with E-state index in [1.54, 1.807) is 12.5 Å². The van der Waals surface area contributed by atoms with Crippen molar-refractivity contribution >= 4 is 5.78 Å².